The first-order valence-corrected chi connectivity index (χ1v) is 7.44. The summed E-state index contributed by atoms with van der Waals surface area (Å²) in [5.41, 5.74) is 0.444. The average Bonchev–Trinajstić information content (AvgIpc) is 2.65. The Morgan fingerprint density at radius 2 is 2.05 bits per heavy atom. The summed E-state index contributed by atoms with van der Waals surface area (Å²) < 4.78 is 14.0. The highest BCUT2D eigenvalue weighted by molar-refractivity contribution is 9.10. The summed E-state index contributed by atoms with van der Waals surface area (Å²) in [4.78, 5) is 14.6. The highest BCUT2D eigenvalue weighted by atomic mass is 79.9. The van der Waals surface area contributed by atoms with Gasteiger partial charge in [-0.3, -0.25) is 4.79 Å². The van der Waals surface area contributed by atoms with Gasteiger partial charge in [0.2, 0.25) is 0 Å². The van der Waals surface area contributed by atoms with E-state index in [1.54, 1.807) is 12.1 Å². The van der Waals surface area contributed by atoms with E-state index < -0.39 is 0 Å². The average molecular weight is 364 g/mol. The van der Waals surface area contributed by atoms with Crippen molar-refractivity contribution in [3.8, 4) is 0 Å². The second kappa shape index (κ2) is 6.41. The normalized spacial score (nSPS) is 25.0. The van der Waals surface area contributed by atoms with Crippen molar-refractivity contribution in [3.05, 3.63) is 34.1 Å². The summed E-state index contributed by atoms with van der Waals surface area (Å²) in [5.74, 6) is -0.422. The summed E-state index contributed by atoms with van der Waals surface area (Å²) in [6.07, 6.45) is 3.10. The number of hydrogen-bond donors (Lipinski definition) is 1. The Morgan fingerprint density at radius 3 is 2.80 bits per heavy atom. The highest BCUT2D eigenvalue weighted by Gasteiger charge is 2.38. The van der Waals surface area contributed by atoms with Gasteiger partial charge < -0.3 is 10.2 Å². The topological polar surface area (TPSA) is 32.3 Å². The van der Waals surface area contributed by atoms with Crippen molar-refractivity contribution in [2.24, 2.45) is 0 Å². The van der Waals surface area contributed by atoms with Crippen LogP contribution in [0.4, 0.5) is 4.39 Å². The van der Waals surface area contributed by atoms with Gasteiger partial charge in [-0.25, -0.2) is 4.39 Å². The molecule has 3 rings (SSSR count). The lowest BCUT2D eigenvalue weighted by Gasteiger charge is -2.28. The van der Waals surface area contributed by atoms with Crippen LogP contribution in [0.25, 0.3) is 0 Å². The molecule has 2 aliphatic heterocycles. The van der Waals surface area contributed by atoms with Crippen LogP contribution in [0.5, 0.6) is 0 Å². The van der Waals surface area contributed by atoms with E-state index in [2.05, 4.69) is 21.2 Å². The third-order valence-electron chi connectivity index (χ3n) is 4.06. The van der Waals surface area contributed by atoms with Crippen LogP contribution in [0, 0.1) is 5.82 Å². The molecule has 2 bridgehead atoms. The van der Waals surface area contributed by atoms with Gasteiger partial charge in [0.05, 0.1) is 4.47 Å². The fourth-order valence-corrected chi connectivity index (χ4v) is 3.34. The number of halogens is 3. The van der Waals surface area contributed by atoms with Gasteiger partial charge in [-0.05, 0) is 59.9 Å². The minimum Gasteiger partial charge on any atom is -0.331 e. The molecule has 0 aliphatic carbocycles. The molecule has 1 aromatic rings. The first kappa shape index (κ1) is 15.7. The predicted octanol–water partition coefficient (Wildman–Crippen LogP) is 2.98. The fourth-order valence-electron chi connectivity index (χ4n) is 3.09. The highest BCUT2D eigenvalue weighted by Crippen LogP contribution is 2.30. The number of amides is 1. The number of nitrogens with zero attached hydrogens (tertiary/aromatic N) is 1. The van der Waals surface area contributed by atoms with Gasteiger partial charge in [-0.15, -0.1) is 12.4 Å². The van der Waals surface area contributed by atoms with Crippen LogP contribution < -0.4 is 5.32 Å². The zero-order valence-electron chi connectivity index (χ0n) is 10.9. The Hall–Kier alpha value is -0.650. The first-order chi connectivity index (χ1) is 9.16. The zero-order valence-corrected chi connectivity index (χ0v) is 13.3. The van der Waals surface area contributed by atoms with Crippen LogP contribution >= 0.6 is 28.3 Å². The predicted molar refractivity (Wildman–Crippen MR) is 81.8 cm³/mol. The largest absolute Gasteiger partial charge is 0.331 e. The number of fused-ring (bicyclic) bond motifs is 2. The standard InChI is InChI=1S/C14H16BrFN2O.ClH/c15-12-4-1-9(7-13(12)16)14(19)18-10-2-3-11(18)8-17-6-5-10;/h1,4,7,10-11,17H,2-3,5-6,8H2;1H. The van der Waals surface area contributed by atoms with E-state index in [1.165, 1.54) is 6.07 Å². The molecule has 2 saturated heterocycles. The van der Waals surface area contributed by atoms with E-state index in [4.69, 9.17) is 0 Å². The molecule has 3 nitrogen and oxygen atoms in total. The molecule has 0 radical (unpaired) electrons. The van der Waals surface area contributed by atoms with Crippen LogP contribution in [0.3, 0.4) is 0 Å². The molecule has 6 heteroatoms. The summed E-state index contributed by atoms with van der Waals surface area (Å²) in [6, 6.07) is 5.17. The molecule has 1 amide bonds. The lowest BCUT2D eigenvalue weighted by molar-refractivity contribution is 0.0680. The summed E-state index contributed by atoms with van der Waals surface area (Å²) in [7, 11) is 0. The van der Waals surface area contributed by atoms with Crippen molar-refractivity contribution in [3.63, 3.8) is 0 Å². The Bertz CT molecular complexity index is 500. The Kier molecular flexibility index (Phi) is 5.04. The van der Waals surface area contributed by atoms with E-state index in [-0.39, 0.29) is 30.2 Å². The third-order valence-corrected chi connectivity index (χ3v) is 4.70. The lowest BCUT2D eigenvalue weighted by Crippen LogP contribution is -2.42. The van der Waals surface area contributed by atoms with Crippen LogP contribution in [-0.2, 0) is 0 Å². The first-order valence-electron chi connectivity index (χ1n) is 6.65. The number of carbonyl (C=O) groups excluding carboxylic acids is 1. The molecule has 0 spiro atoms. The molecule has 110 valence electrons. The second-order valence-corrected chi connectivity index (χ2v) is 6.07. The van der Waals surface area contributed by atoms with Crippen molar-refractivity contribution in [1.29, 1.82) is 0 Å². The summed E-state index contributed by atoms with van der Waals surface area (Å²) in [5, 5.41) is 3.36. The lowest BCUT2D eigenvalue weighted by atomic mass is 10.1. The molecule has 0 saturated carbocycles. The molecule has 1 aromatic carbocycles. The smallest absolute Gasteiger partial charge is 0.254 e. The van der Waals surface area contributed by atoms with Crippen LogP contribution in [0.1, 0.15) is 29.6 Å². The maximum Gasteiger partial charge on any atom is 0.254 e. The fraction of sp³-hybridized carbons (Fsp3) is 0.500. The molecule has 2 unspecified atom stereocenters. The van der Waals surface area contributed by atoms with Gasteiger partial charge in [0.25, 0.3) is 5.91 Å². The number of benzene rings is 1. The van der Waals surface area contributed by atoms with E-state index in [0.29, 0.717) is 16.1 Å². The minimum atomic E-state index is -0.383. The molecule has 20 heavy (non-hydrogen) atoms. The quantitative estimate of drug-likeness (QED) is 0.832. The minimum absolute atomic E-state index is 0. The Labute approximate surface area is 132 Å². The zero-order chi connectivity index (χ0) is 13.4. The van der Waals surface area contributed by atoms with Gasteiger partial charge in [-0.2, -0.15) is 0 Å². The Morgan fingerprint density at radius 1 is 1.30 bits per heavy atom. The number of hydrogen-bond acceptors (Lipinski definition) is 2. The van der Waals surface area contributed by atoms with Gasteiger partial charge in [0.15, 0.2) is 0 Å². The van der Waals surface area contributed by atoms with E-state index >= 15 is 0 Å². The molecule has 0 aromatic heterocycles. The molecular formula is C14H17BrClFN2O. The van der Waals surface area contributed by atoms with Crippen LogP contribution in [0.15, 0.2) is 22.7 Å². The van der Waals surface area contributed by atoms with Crippen LogP contribution in [0.2, 0.25) is 0 Å². The van der Waals surface area contributed by atoms with Gasteiger partial charge >= 0.3 is 0 Å². The molecule has 1 N–H and O–H groups in total. The van der Waals surface area contributed by atoms with E-state index in [0.717, 1.165) is 32.4 Å². The van der Waals surface area contributed by atoms with Crippen molar-refractivity contribution in [2.75, 3.05) is 13.1 Å². The maximum absolute atomic E-state index is 13.6. The van der Waals surface area contributed by atoms with E-state index in [1.807, 2.05) is 4.90 Å². The SMILES string of the molecule is Cl.O=C(c1ccc(Br)c(F)c1)N1C2CCNCC1CC2. The van der Waals surface area contributed by atoms with Gasteiger partial charge in [0.1, 0.15) is 5.82 Å². The number of nitrogens with one attached hydrogen (secondary N) is 1. The van der Waals surface area contributed by atoms with Gasteiger partial charge in [-0.1, -0.05) is 0 Å². The van der Waals surface area contributed by atoms with Crippen molar-refractivity contribution < 1.29 is 9.18 Å². The summed E-state index contributed by atoms with van der Waals surface area (Å²) >= 11 is 3.11. The third kappa shape index (κ3) is 2.85. The molecule has 2 fully saturated rings. The molecule has 2 atom stereocenters. The molecule has 2 aliphatic rings. The molecule has 2 heterocycles. The molecular weight excluding hydrogens is 347 g/mol. The van der Waals surface area contributed by atoms with Crippen molar-refractivity contribution in [1.82, 2.24) is 10.2 Å². The van der Waals surface area contributed by atoms with Crippen LogP contribution in [-0.4, -0.2) is 36.0 Å². The number of rotatable bonds is 1. The summed E-state index contributed by atoms with van der Waals surface area (Å²) in [6.45, 7) is 1.81. The van der Waals surface area contributed by atoms with Crippen molar-refractivity contribution in [2.45, 2.75) is 31.3 Å². The number of carbonyl (C=O) groups is 1. The Balaban J connectivity index is 0.00000147. The van der Waals surface area contributed by atoms with Crippen molar-refractivity contribution >= 4 is 34.2 Å². The van der Waals surface area contributed by atoms with Gasteiger partial charge in [0, 0.05) is 24.2 Å². The van der Waals surface area contributed by atoms with E-state index in [9.17, 15) is 9.18 Å². The maximum atomic E-state index is 13.6. The second-order valence-electron chi connectivity index (χ2n) is 5.22. The monoisotopic (exact) mass is 362 g/mol.